The van der Waals surface area contributed by atoms with Gasteiger partial charge < -0.3 is 21.1 Å². The number of nitrogens with one attached hydrogen (secondary N) is 3. The van der Waals surface area contributed by atoms with E-state index in [2.05, 4.69) is 16.0 Å². The Labute approximate surface area is 219 Å². The zero-order chi connectivity index (χ0) is 27.2. The molecule has 0 spiro atoms. The fourth-order valence-corrected chi connectivity index (χ4v) is 4.74. The number of aliphatic hydroxyl groups excluding tert-OH is 1. The number of amides is 3. The number of hydrogen-bond donors (Lipinski definition) is 4. The van der Waals surface area contributed by atoms with Crippen molar-refractivity contribution in [2.24, 2.45) is 0 Å². The molecule has 3 aromatic rings. The zero-order valence-corrected chi connectivity index (χ0v) is 20.7. The number of halogens is 2. The van der Waals surface area contributed by atoms with Gasteiger partial charge in [-0.15, -0.1) is 0 Å². The first kappa shape index (κ1) is 26.9. The van der Waals surface area contributed by atoms with E-state index in [1.165, 1.54) is 6.92 Å². The van der Waals surface area contributed by atoms with Crippen molar-refractivity contribution in [1.82, 2.24) is 16.0 Å². The summed E-state index contributed by atoms with van der Waals surface area (Å²) in [6.07, 6.45) is -1.30. The minimum atomic E-state index is -1.89. The molecule has 1 saturated heterocycles. The van der Waals surface area contributed by atoms with Crippen LogP contribution >= 0.6 is 0 Å². The largest absolute Gasteiger partial charge is 0.378 e. The molecule has 1 fully saturated rings. The predicted octanol–water partition coefficient (Wildman–Crippen LogP) is 3.08. The molecule has 1 aliphatic rings. The van der Waals surface area contributed by atoms with E-state index in [9.17, 15) is 28.3 Å². The van der Waals surface area contributed by atoms with Crippen LogP contribution in [0.5, 0.6) is 0 Å². The van der Waals surface area contributed by atoms with Crippen LogP contribution in [0.15, 0.2) is 78.9 Å². The van der Waals surface area contributed by atoms with Crippen LogP contribution < -0.4 is 16.0 Å². The van der Waals surface area contributed by atoms with E-state index < -0.39 is 41.6 Å². The summed E-state index contributed by atoms with van der Waals surface area (Å²) in [6, 6.07) is 19.5. The van der Waals surface area contributed by atoms with Gasteiger partial charge in [-0.25, -0.2) is 8.78 Å². The molecule has 38 heavy (non-hydrogen) atoms. The molecule has 9 heteroatoms. The summed E-state index contributed by atoms with van der Waals surface area (Å²) in [6.45, 7) is 1.80. The highest BCUT2D eigenvalue weighted by Gasteiger charge is 2.37. The molecule has 4 rings (SSSR count). The normalized spacial score (nSPS) is 20.9. The van der Waals surface area contributed by atoms with E-state index in [0.717, 1.165) is 23.3 Å². The molecule has 0 unspecified atom stereocenters. The first-order valence-electron chi connectivity index (χ1n) is 12.4. The summed E-state index contributed by atoms with van der Waals surface area (Å²) in [5.41, 5.74) is 1.67. The second kappa shape index (κ2) is 12.0. The minimum absolute atomic E-state index is 0.0196. The molecule has 0 aromatic heterocycles. The number of hydrogen-bond acceptors (Lipinski definition) is 4. The van der Waals surface area contributed by atoms with Crippen LogP contribution in [-0.2, 0) is 14.4 Å². The highest BCUT2D eigenvalue weighted by molar-refractivity contribution is 5.93. The van der Waals surface area contributed by atoms with E-state index in [0.29, 0.717) is 19.0 Å². The Morgan fingerprint density at radius 3 is 2.11 bits per heavy atom. The third-order valence-corrected chi connectivity index (χ3v) is 6.74. The van der Waals surface area contributed by atoms with Crippen molar-refractivity contribution in [2.75, 3.05) is 6.54 Å². The van der Waals surface area contributed by atoms with Gasteiger partial charge in [0.15, 0.2) is 6.10 Å². The molecule has 0 radical (unpaired) electrons. The number of carbonyl (C=O) groups excluding carboxylic acids is 3. The zero-order valence-electron chi connectivity index (χ0n) is 20.7. The summed E-state index contributed by atoms with van der Waals surface area (Å²) in [5, 5.41) is 18.3. The van der Waals surface area contributed by atoms with E-state index in [1.807, 2.05) is 60.7 Å². The average molecular weight is 522 g/mol. The van der Waals surface area contributed by atoms with Crippen molar-refractivity contribution in [1.29, 1.82) is 0 Å². The Morgan fingerprint density at radius 2 is 1.50 bits per heavy atom. The van der Waals surface area contributed by atoms with Crippen molar-refractivity contribution in [3.63, 3.8) is 0 Å². The highest BCUT2D eigenvalue weighted by Crippen LogP contribution is 2.34. The summed E-state index contributed by atoms with van der Waals surface area (Å²) < 4.78 is 27.0. The Hall–Kier alpha value is -4.11. The molecular formula is C29H29F2N3O4. The standard InChI is InChI=1S/C29H29F2N3O4/c1-17(33-29(38)26(35)20-12-22(30)15-23(31)13-20)27(36)34-25-24(19-10-6-3-7-11-19)14-21(16-32-28(25)37)18-8-4-2-5-9-18/h2-13,15,17,21,24-26,35H,14,16H2,1H3,(H,32,37)(H,33,38)(H,34,36)/t17-,21+,24+,25-,26-/m0/s1. The molecule has 1 heterocycles. The van der Waals surface area contributed by atoms with Crippen LogP contribution in [0.1, 0.15) is 48.0 Å². The van der Waals surface area contributed by atoms with E-state index in [4.69, 9.17) is 0 Å². The van der Waals surface area contributed by atoms with Crippen LogP contribution in [0.25, 0.3) is 0 Å². The number of aliphatic hydroxyl groups is 1. The van der Waals surface area contributed by atoms with Crippen LogP contribution in [0, 0.1) is 11.6 Å². The predicted molar refractivity (Wildman–Crippen MR) is 137 cm³/mol. The Bertz CT molecular complexity index is 1270. The molecule has 3 amide bonds. The number of rotatable bonds is 7. The van der Waals surface area contributed by atoms with Gasteiger partial charge in [0.05, 0.1) is 0 Å². The lowest BCUT2D eigenvalue weighted by Crippen LogP contribution is -2.54. The second-order valence-corrected chi connectivity index (χ2v) is 9.43. The second-order valence-electron chi connectivity index (χ2n) is 9.43. The average Bonchev–Trinajstić information content (AvgIpc) is 3.07. The van der Waals surface area contributed by atoms with Crippen molar-refractivity contribution in [3.05, 3.63) is 107 Å². The summed E-state index contributed by atoms with van der Waals surface area (Å²) in [4.78, 5) is 38.8. The molecule has 198 valence electrons. The van der Waals surface area contributed by atoms with Crippen molar-refractivity contribution in [3.8, 4) is 0 Å². The van der Waals surface area contributed by atoms with Crippen LogP contribution in [-0.4, -0.2) is 41.5 Å². The molecule has 0 bridgehead atoms. The van der Waals surface area contributed by atoms with Gasteiger partial charge in [-0.3, -0.25) is 14.4 Å². The maximum atomic E-state index is 13.5. The summed E-state index contributed by atoms with van der Waals surface area (Å²) in [5.74, 6) is -4.22. The molecule has 4 N–H and O–H groups in total. The third kappa shape index (κ3) is 6.41. The van der Waals surface area contributed by atoms with Crippen LogP contribution in [0.2, 0.25) is 0 Å². The van der Waals surface area contributed by atoms with E-state index >= 15 is 0 Å². The fraction of sp³-hybridized carbons (Fsp3) is 0.276. The molecule has 5 atom stereocenters. The van der Waals surface area contributed by atoms with Crippen molar-refractivity contribution >= 4 is 17.7 Å². The molecule has 0 saturated carbocycles. The number of carbonyl (C=O) groups is 3. The van der Waals surface area contributed by atoms with Crippen molar-refractivity contribution in [2.45, 2.75) is 43.4 Å². The van der Waals surface area contributed by atoms with Gasteiger partial charge in [-0.1, -0.05) is 60.7 Å². The van der Waals surface area contributed by atoms with Gasteiger partial charge in [-0.05, 0) is 42.2 Å². The third-order valence-electron chi connectivity index (χ3n) is 6.74. The topological polar surface area (TPSA) is 108 Å². The lowest BCUT2D eigenvalue weighted by atomic mass is 9.82. The molecule has 0 aliphatic carbocycles. The smallest absolute Gasteiger partial charge is 0.254 e. The van der Waals surface area contributed by atoms with E-state index in [1.54, 1.807) is 0 Å². The molecule has 7 nitrogen and oxygen atoms in total. The van der Waals surface area contributed by atoms with Crippen LogP contribution in [0.3, 0.4) is 0 Å². The SMILES string of the molecule is C[C@H](NC(=O)[C@@H](O)c1cc(F)cc(F)c1)C(=O)N[C@@H]1C(=O)NC[C@H](c2ccccc2)C[C@@H]1c1ccccc1. The summed E-state index contributed by atoms with van der Waals surface area (Å²) >= 11 is 0. The monoisotopic (exact) mass is 521 g/mol. The lowest BCUT2D eigenvalue weighted by molar-refractivity contribution is -0.135. The fourth-order valence-electron chi connectivity index (χ4n) is 4.74. The first-order chi connectivity index (χ1) is 18.2. The molecule has 3 aromatic carbocycles. The van der Waals surface area contributed by atoms with Gasteiger partial charge in [0, 0.05) is 24.4 Å². The van der Waals surface area contributed by atoms with Gasteiger partial charge in [0.1, 0.15) is 23.7 Å². The van der Waals surface area contributed by atoms with Gasteiger partial charge >= 0.3 is 0 Å². The van der Waals surface area contributed by atoms with E-state index in [-0.39, 0.29) is 23.3 Å². The maximum absolute atomic E-state index is 13.5. The Kier molecular flexibility index (Phi) is 8.48. The maximum Gasteiger partial charge on any atom is 0.254 e. The molecular weight excluding hydrogens is 492 g/mol. The summed E-state index contributed by atoms with van der Waals surface area (Å²) in [7, 11) is 0. The van der Waals surface area contributed by atoms with Crippen molar-refractivity contribution < 1.29 is 28.3 Å². The minimum Gasteiger partial charge on any atom is -0.378 e. The quantitative estimate of drug-likeness (QED) is 0.383. The molecule has 1 aliphatic heterocycles. The van der Waals surface area contributed by atoms with Crippen LogP contribution in [0.4, 0.5) is 8.78 Å². The first-order valence-corrected chi connectivity index (χ1v) is 12.4. The van der Waals surface area contributed by atoms with Gasteiger partial charge in [0.25, 0.3) is 5.91 Å². The Balaban J connectivity index is 1.50. The van der Waals surface area contributed by atoms with Gasteiger partial charge in [0.2, 0.25) is 11.8 Å². The number of benzene rings is 3. The highest BCUT2D eigenvalue weighted by atomic mass is 19.1. The van der Waals surface area contributed by atoms with Gasteiger partial charge in [-0.2, -0.15) is 0 Å². The lowest BCUT2D eigenvalue weighted by Gasteiger charge is -2.28. The Morgan fingerprint density at radius 1 is 0.921 bits per heavy atom.